The van der Waals surface area contributed by atoms with Crippen LogP contribution in [0.2, 0.25) is 10.0 Å². The molecule has 0 spiro atoms. The van der Waals surface area contributed by atoms with Gasteiger partial charge in [-0.15, -0.1) is 0 Å². The fraction of sp³-hybridized carbons (Fsp3) is 0.238. The third-order valence-electron chi connectivity index (χ3n) is 3.77. The molecule has 2 aromatic rings. The van der Waals surface area contributed by atoms with E-state index in [4.69, 9.17) is 32.7 Å². The lowest BCUT2D eigenvalue weighted by Crippen LogP contribution is -2.09. The normalized spacial score (nSPS) is 10.7. The van der Waals surface area contributed by atoms with Crippen molar-refractivity contribution in [2.75, 3.05) is 19.0 Å². The number of carbonyl (C=O) groups is 2. The lowest BCUT2D eigenvalue weighted by molar-refractivity contribution is -0.111. The maximum absolute atomic E-state index is 12.2. The number of benzene rings is 2. The number of amides is 1. The Hall–Kier alpha value is -2.50. The van der Waals surface area contributed by atoms with Gasteiger partial charge < -0.3 is 14.8 Å². The Bertz CT molecular complexity index is 863. The molecule has 1 amide bonds. The molecule has 1 N–H and O–H groups in total. The minimum absolute atomic E-state index is 0.351. The topological polar surface area (TPSA) is 64.6 Å². The molecule has 0 aliphatic rings. The van der Waals surface area contributed by atoms with Crippen LogP contribution in [0.15, 0.2) is 42.5 Å². The predicted octanol–water partition coefficient (Wildman–Crippen LogP) is 5.61. The van der Waals surface area contributed by atoms with Crippen LogP contribution in [0.3, 0.4) is 0 Å². The molecule has 0 atom stereocenters. The van der Waals surface area contributed by atoms with Crippen molar-refractivity contribution in [3.05, 3.63) is 63.6 Å². The first kappa shape index (κ1) is 21.8. The van der Waals surface area contributed by atoms with E-state index in [1.54, 1.807) is 42.5 Å². The van der Waals surface area contributed by atoms with Crippen LogP contribution in [0.1, 0.15) is 35.7 Å². The van der Waals surface area contributed by atoms with Crippen LogP contribution in [-0.2, 0) is 9.53 Å². The highest BCUT2D eigenvalue weighted by Crippen LogP contribution is 2.32. The van der Waals surface area contributed by atoms with Crippen molar-refractivity contribution in [1.82, 2.24) is 0 Å². The molecule has 0 aromatic heterocycles. The summed E-state index contributed by atoms with van der Waals surface area (Å²) >= 11 is 12.1. The Balaban J connectivity index is 2.00. The second-order valence-corrected chi connectivity index (χ2v) is 6.74. The summed E-state index contributed by atoms with van der Waals surface area (Å²) in [5, 5.41) is 3.51. The van der Waals surface area contributed by atoms with Crippen molar-refractivity contribution in [1.29, 1.82) is 0 Å². The van der Waals surface area contributed by atoms with Crippen molar-refractivity contribution in [3.8, 4) is 5.75 Å². The highest BCUT2D eigenvalue weighted by Gasteiger charge is 2.09. The average molecular weight is 422 g/mol. The summed E-state index contributed by atoms with van der Waals surface area (Å²) in [6.07, 6.45) is 4.69. The zero-order valence-corrected chi connectivity index (χ0v) is 17.1. The van der Waals surface area contributed by atoms with Crippen molar-refractivity contribution >= 4 is 46.8 Å². The van der Waals surface area contributed by atoms with Crippen LogP contribution in [0, 0.1) is 0 Å². The van der Waals surface area contributed by atoms with Gasteiger partial charge in [-0.1, -0.05) is 36.5 Å². The summed E-state index contributed by atoms with van der Waals surface area (Å²) in [6.45, 7) is 2.42. The van der Waals surface area contributed by atoms with Gasteiger partial charge >= 0.3 is 5.97 Å². The second kappa shape index (κ2) is 10.7. The minimum Gasteiger partial charge on any atom is -0.495 e. The zero-order valence-electron chi connectivity index (χ0n) is 15.6. The summed E-state index contributed by atoms with van der Waals surface area (Å²) in [5.41, 5.74) is 1.57. The summed E-state index contributed by atoms with van der Waals surface area (Å²) < 4.78 is 10.4. The molecular weight excluding hydrogens is 401 g/mol. The van der Waals surface area contributed by atoms with Crippen molar-refractivity contribution in [2.45, 2.75) is 19.8 Å². The van der Waals surface area contributed by atoms with Crippen LogP contribution in [0.5, 0.6) is 5.75 Å². The monoisotopic (exact) mass is 421 g/mol. The third-order valence-corrected chi connectivity index (χ3v) is 4.27. The Morgan fingerprint density at radius 1 is 1.14 bits per heavy atom. The van der Waals surface area contributed by atoms with E-state index in [1.165, 1.54) is 13.2 Å². The lowest BCUT2D eigenvalue weighted by Gasteiger charge is -2.08. The molecule has 0 radical (unpaired) electrons. The molecule has 5 nitrogen and oxygen atoms in total. The van der Waals surface area contributed by atoms with E-state index in [0.29, 0.717) is 39.2 Å². The van der Waals surface area contributed by atoms with Gasteiger partial charge in [0.2, 0.25) is 5.91 Å². The average Bonchev–Trinajstić information content (AvgIpc) is 2.66. The van der Waals surface area contributed by atoms with Crippen LogP contribution in [-0.4, -0.2) is 25.6 Å². The maximum atomic E-state index is 12.2. The van der Waals surface area contributed by atoms with E-state index in [1.807, 2.05) is 6.92 Å². The number of ether oxygens (including phenoxy) is 2. The highest BCUT2D eigenvalue weighted by molar-refractivity contribution is 6.36. The molecule has 28 heavy (non-hydrogen) atoms. The first-order valence-electron chi connectivity index (χ1n) is 8.74. The molecule has 0 fully saturated rings. The van der Waals surface area contributed by atoms with E-state index < -0.39 is 0 Å². The standard InChI is InChI=1S/C21H21Cl2NO4/c1-3-4-11-28-21(26)14-5-8-17(9-6-14)24-19(25)10-7-15-12-16(22)13-18(23)20(15)27-2/h5-10,12-13H,3-4,11H2,1-2H3,(H,24,25)/b10-7+. The van der Waals surface area contributed by atoms with Gasteiger partial charge in [0.05, 0.1) is 24.3 Å². The van der Waals surface area contributed by atoms with E-state index in [0.717, 1.165) is 12.8 Å². The first-order valence-corrected chi connectivity index (χ1v) is 9.49. The Kier molecular flexibility index (Phi) is 8.36. The van der Waals surface area contributed by atoms with Crippen molar-refractivity contribution in [2.24, 2.45) is 0 Å². The number of hydrogen-bond donors (Lipinski definition) is 1. The van der Waals surface area contributed by atoms with Gasteiger partial charge in [0.25, 0.3) is 0 Å². The van der Waals surface area contributed by atoms with Gasteiger partial charge in [-0.05, 0) is 48.9 Å². The van der Waals surface area contributed by atoms with E-state index in [-0.39, 0.29) is 11.9 Å². The molecule has 0 aliphatic carbocycles. The number of unbranched alkanes of at least 4 members (excludes halogenated alkanes) is 1. The van der Waals surface area contributed by atoms with E-state index in [2.05, 4.69) is 5.32 Å². The highest BCUT2D eigenvalue weighted by atomic mass is 35.5. The third kappa shape index (κ3) is 6.29. The molecule has 0 heterocycles. The molecule has 0 saturated carbocycles. The van der Waals surface area contributed by atoms with Crippen LogP contribution < -0.4 is 10.1 Å². The molecule has 0 saturated heterocycles. The van der Waals surface area contributed by atoms with E-state index in [9.17, 15) is 9.59 Å². The Morgan fingerprint density at radius 2 is 1.86 bits per heavy atom. The number of methoxy groups -OCH3 is 1. The van der Waals surface area contributed by atoms with Crippen LogP contribution >= 0.6 is 23.2 Å². The summed E-state index contributed by atoms with van der Waals surface area (Å²) in [4.78, 5) is 24.0. The van der Waals surface area contributed by atoms with Gasteiger partial charge in [-0.25, -0.2) is 4.79 Å². The number of hydrogen-bond acceptors (Lipinski definition) is 4. The molecule has 2 rings (SSSR count). The van der Waals surface area contributed by atoms with Crippen LogP contribution in [0.25, 0.3) is 6.08 Å². The van der Waals surface area contributed by atoms with Crippen molar-refractivity contribution < 1.29 is 19.1 Å². The number of carbonyl (C=O) groups excluding carboxylic acids is 2. The van der Waals surface area contributed by atoms with Gasteiger partial charge in [-0.2, -0.15) is 0 Å². The van der Waals surface area contributed by atoms with Crippen LogP contribution in [0.4, 0.5) is 5.69 Å². The molecule has 0 bridgehead atoms. The lowest BCUT2D eigenvalue weighted by atomic mass is 10.1. The zero-order chi connectivity index (χ0) is 20.5. The van der Waals surface area contributed by atoms with Gasteiger partial charge in [0, 0.05) is 22.3 Å². The number of halogens is 2. The SMILES string of the molecule is CCCCOC(=O)c1ccc(NC(=O)/C=C/c2cc(Cl)cc(Cl)c2OC)cc1. The molecule has 2 aromatic carbocycles. The summed E-state index contributed by atoms with van der Waals surface area (Å²) in [5.74, 6) is -0.298. The molecular formula is C21H21Cl2NO4. The van der Waals surface area contributed by atoms with Crippen molar-refractivity contribution in [3.63, 3.8) is 0 Å². The fourth-order valence-corrected chi connectivity index (χ4v) is 2.94. The largest absolute Gasteiger partial charge is 0.495 e. The predicted molar refractivity (Wildman–Crippen MR) is 112 cm³/mol. The smallest absolute Gasteiger partial charge is 0.338 e. The molecule has 7 heteroatoms. The van der Waals surface area contributed by atoms with E-state index >= 15 is 0 Å². The summed E-state index contributed by atoms with van der Waals surface area (Å²) in [7, 11) is 1.49. The number of rotatable bonds is 8. The molecule has 0 unspecified atom stereocenters. The number of nitrogens with one attached hydrogen (secondary N) is 1. The fourth-order valence-electron chi connectivity index (χ4n) is 2.35. The second-order valence-electron chi connectivity index (χ2n) is 5.90. The Morgan fingerprint density at radius 3 is 2.50 bits per heavy atom. The van der Waals surface area contributed by atoms with Gasteiger partial charge in [-0.3, -0.25) is 4.79 Å². The first-order chi connectivity index (χ1) is 13.4. The Labute approximate surface area is 174 Å². The maximum Gasteiger partial charge on any atom is 0.338 e. The number of anilines is 1. The number of esters is 1. The molecule has 0 aliphatic heterocycles. The minimum atomic E-state index is -0.379. The summed E-state index contributed by atoms with van der Waals surface area (Å²) in [6, 6.07) is 9.70. The molecule has 148 valence electrons. The van der Waals surface area contributed by atoms with Gasteiger partial charge in [0.15, 0.2) is 0 Å². The van der Waals surface area contributed by atoms with Gasteiger partial charge in [0.1, 0.15) is 5.75 Å². The quantitative estimate of drug-likeness (QED) is 0.341.